The van der Waals surface area contributed by atoms with Crippen molar-refractivity contribution in [3.8, 4) is 11.5 Å². The molecule has 0 bridgehead atoms. The van der Waals surface area contributed by atoms with Crippen molar-refractivity contribution in [2.75, 3.05) is 6.26 Å². The van der Waals surface area contributed by atoms with E-state index in [9.17, 15) is 0 Å². The molecule has 0 radical (unpaired) electrons. The predicted octanol–water partition coefficient (Wildman–Crippen LogP) is 7.01. The lowest BCUT2D eigenvalue weighted by atomic mass is 10.1. The summed E-state index contributed by atoms with van der Waals surface area (Å²) in [5.74, 6) is 1.59. The molecule has 0 spiro atoms. The lowest BCUT2D eigenvalue weighted by molar-refractivity contribution is 0.482. The molecule has 3 aromatic rings. The number of benzene rings is 3. The molecule has 0 N–H and O–H groups in total. The minimum atomic E-state index is 0.729. The van der Waals surface area contributed by atoms with Gasteiger partial charge in [0.1, 0.15) is 11.5 Å². The molecular formula is C24H22N2OS. The Morgan fingerprint density at radius 2 is 1.57 bits per heavy atom. The molecule has 140 valence electrons. The van der Waals surface area contributed by atoms with Gasteiger partial charge in [-0.15, -0.1) is 11.8 Å². The van der Waals surface area contributed by atoms with Crippen molar-refractivity contribution in [2.24, 2.45) is 9.98 Å². The number of hydrogen-bond acceptors (Lipinski definition) is 4. The molecule has 0 aliphatic carbocycles. The average molecular weight is 387 g/mol. The van der Waals surface area contributed by atoms with Gasteiger partial charge in [-0.2, -0.15) is 0 Å². The summed E-state index contributed by atoms with van der Waals surface area (Å²) in [4.78, 5) is 9.79. The van der Waals surface area contributed by atoms with Crippen LogP contribution in [-0.2, 0) is 0 Å². The summed E-state index contributed by atoms with van der Waals surface area (Å²) in [6.07, 6.45) is 2.79. The monoisotopic (exact) mass is 386 g/mol. The quantitative estimate of drug-likeness (QED) is 0.485. The zero-order valence-electron chi connectivity index (χ0n) is 16.3. The minimum Gasteiger partial charge on any atom is -0.457 e. The Balaban J connectivity index is 1.73. The first-order valence-corrected chi connectivity index (χ1v) is 10.5. The number of aliphatic imine (C=N–C) groups is 2. The average Bonchev–Trinajstić information content (AvgIpc) is 2.87. The molecular weight excluding hydrogens is 364 g/mol. The van der Waals surface area contributed by atoms with Crippen LogP contribution in [0.3, 0.4) is 0 Å². The van der Waals surface area contributed by atoms with Crippen molar-refractivity contribution in [1.82, 2.24) is 0 Å². The molecule has 0 atom stereocenters. The number of thioether (sulfide) groups is 1. The summed E-state index contributed by atoms with van der Waals surface area (Å²) in [6, 6.07) is 22.5. The van der Waals surface area contributed by atoms with E-state index in [-0.39, 0.29) is 0 Å². The number of ether oxygens (including phenoxy) is 1. The van der Waals surface area contributed by atoms with E-state index in [2.05, 4.69) is 50.4 Å². The second kappa shape index (κ2) is 8.03. The Labute approximate surface area is 170 Å². The van der Waals surface area contributed by atoms with Gasteiger partial charge in [-0.25, -0.2) is 9.98 Å². The molecule has 0 aromatic heterocycles. The van der Waals surface area contributed by atoms with Gasteiger partial charge in [-0.3, -0.25) is 0 Å². The second-order valence-corrected chi connectivity index (χ2v) is 7.76. The summed E-state index contributed by atoms with van der Waals surface area (Å²) in [5, 5.41) is 1.06. The summed E-state index contributed by atoms with van der Waals surface area (Å²) < 4.78 is 6.05. The van der Waals surface area contributed by atoms with Crippen LogP contribution in [0.1, 0.15) is 23.1 Å². The molecule has 0 fully saturated rings. The fourth-order valence-electron chi connectivity index (χ4n) is 3.10. The molecule has 1 heterocycles. The van der Waals surface area contributed by atoms with Crippen molar-refractivity contribution in [3.63, 3.8) is 0 Å². The molecule has 1 aliphatic heterocycles. The van der Waals surface area contributed by atoms with Crippen LogP contribution < -0.4 is 4.74 Å². The molecule has 0 saturated heterocycles. The van der Waals surface area contributed by atoms with Crippen LogP contribution in [0.4, 0.5) is 11.4 Å². The highest BCUT2D eigenvalue weighted by atomic mass is 32.2. The predicted molar refractivity (Wildman–Crippen MR) is 120 cm³/mol. The van der Waals surface area contributed by atoms with Crippen LogP contribution >= 0.6 is 11.8 Å². The van der Waals surface area contributed by atoms with E-state index in [0.29, 0.717) is 0 Å². The molecule has 3 nitrogen and oxygen atoms in total. The maximum Gasteiger partial charge on any atom is 0.129 e. The van der Waals surface area contributed by atoms with Crippen molar-refractivity contribution < 1.29 is 4.74 Å². The topological polar surface area (TPSA) is 34.0 Å². The SMILES string of the molecule is CSC1=Nc2ccc(Oc3cccc(C)c3)cc2N=C(c2ccc(C)cc2)C1. The van der Waals surface area contributed by atoms with Gasteiger partial charge in [0.15, 0.2) is 0 Å². The maximum absolute atomic E-state index is 6.05. The van der Waals surface area contributed by atoms with E-state index in [4.69, 9.17) is 14.7 Å². The van der Waals surface area contributed by atoms with Gasteiger partial charge in [0, 0.05) is 12.5 Å². The maximum atomic E-state index is 6.05. The minimum absolute atomic E-state index is 0.729. The third-order valence-corrected chi connectivity index (χ3v) is 5.32. The Bertz CT molecular complexity index is 1070. The van der Waals surface area contributed by atoms with E-state index in [1.165, 1.54) is 11.1 Å². The summed E-state index contributed by atoms with van der Waals surface area (Å²) in [6.45, 7) is 4.15. The molecule has 28 heavy (non-hydrogen) atoms. The van der Waals surface area contributed by atoms with E-state index in [1.807, 2.05) is 36.4 Å². The van der Waals surface area contributed by atoms with Gasteiger partial charge < -0.3 is 4.74 Å². The molecule has 1 aliphatic rings. The smallest absolute Gasteiger partial charge is 0.129 e. The third-order valence-electron chi connectivity index (χ3n) is 4.61. The van der Waals surface area contributed by atoms with Gasteiger partial charge in [-0.05, 0) is 55.5 Å². The number of hydrogen-bond donors (Lipinski definition) is 0. The van der Waals surface area contributed by atoms with Gasteiger partial charge in [0.05, 0.1) is 22.1 Å². The first kappa shape index (κ1) is 18.5. The Kier molecular flexibility index (Phi) is 5.31. The van der Waals surface area contributed by atoms with Gasteiger partial charge in [0.25, 0.3) is 0 Å². The van der Waals surface area contributed by atoms with Gasteiger partial charge >= 0.3 is 0 Å². The number of nitrogens with zero attached hydrogens (tertiary/aromatic N) is 2. The van der Waals surface area contributed by atoms with E-state index in [1.54, 1.807) is 11.8 Å². The summed E-state index contributed by atoms with van der Waals surface area (Å²) in [5.41, 5.74) is 6.28. The Hall–Kier alpha value is -2.85. The molecule has 0 unspecified atom stereocenters. The number of aryl methyl sites for hydroxylation is 2. The highest BCUT2D eigenvalue weighted by Crippen LogP contribution is 2.37. The number of rotatable bonds is 3. The summed E-state index contributed by atoms with van der Waals surface area (Å²) >= 11 is 1.67. The van der Waals surface area contributed by atoms with Crippen molar-refractivity contribution in [3.05, 3.63) is 83.4 Å². The van der Waals surface area contributed by atoms with Crippen LogP contribution in [0.2, 0.25) is 0 Å². The normalized spacial score (nSPS) is 13.2. The summed E-state index contributed by atoms with van der Waals surface area (Å²) in [7, 11) is 0. The van der Waals surface area contributed by atoms with Crippen molar-refractivity contribution >= 4 is 33.9 Å². The largest absolute Gasteiger partial charge is 0.457 e. The highest BCUT2D eigenvalue weighted by Gasteiger charge is 2.15. The van der Waals surface area contributed by atoms with E-state index in [0.717, 1.165) is 45.6 Å². The van der Waals surface area contributed by atoms with Crippen molar-refractivity contribution in [1.29, 1.82) is 0 Å². The first-order chi connectivity index (χ1) is 13.6. The molecule has 4 rings (SSSR count). The lowest BCUT2D eigenvalue weighted by Gasteiger charge is -2.09. The standard InChI is InChI=1S/C24H22N2OS/c1-16-7-9-18(10-8-16)22-15-24(28-3)26-21-12-11-20(14-23(21)25-22)27-19-6-4-5-17(2)13-19/h4-14H,15H2,1-3H3. The molecule has 0 saturated carbocycles. The molecule has 0 amide bonds. The third kappa shape index (κ3) is 4.18. The van der Waals surface area contributed by atoms with Gasteiger partial charge in [-0.1, -0.05) is 42.0 Å². The second-order valence-electron chi connectivity index (χ2n) is 6.88. The van der Waals surface area contributed by atoms with Crippen LogP contribution in [0.5, 0.6) is 11.5 Å². The lowest BCUT2D eigenvalue weighted by Crippen LogP contribution is -2.05. The molecule has 4 heteroatoms. The van der Waals surface area contributed by atoms with Crippen molar-refractivity contribution in [2.45, 2.75) is 20.3 Å². The van der Waals surface area contributed by atoms with Crippen LogP contribution in [0.15, 0.2) is 76.7 Å². The Morgan fingerprint density at radius 3 is 2.32 bits per heavy atom. The fourth-order valence-corrected chi connectivity index (χ4v) is 3.57. The van der Waals surface area contributed by atoms with E-state index >= 15 is 0 Å². The van der Waals surface area contributed by atoms with Crippen LogP contribution in [-0.4, -0.2) is 17.0 Å². The van der Waals surface area contributed by atoms with E-state index < -0.39 is 0 Å². The fraction of sp³-hybridized carbons (Fsp3) is 0.167. The van der Waals surface area contributed by atoms with Crippen LogP contribution in [0, 0.1) is 13.8 Å². The number of fused-ring (bicyclic) bond motifs is 1. The van der Waals surface area contributed by atoms with Crippen LogP contribution in [0.25, 0.3) is 0 Å². The zero-order chi connectivity index (χ0) is 19.5. The zero-order valence-corrected chi connectivity index (χ0v) is 17.1. The first-order valence-electron chi connectivity index (χ1n) is 9.25. The Morgan fingerprint density at radius 1 is 0.786 bits per heavy atom. The van der Waals surface area contributed by atoms with Gasteiger partial charge in [0.2, 0.25) is 0 Å². The molecule has 3 aromatic carbocycles. The highest BCUT2D eigenvalue weighted by molar-refractivity contribution is 8.13.